The SMILES string of the molecule is CCOCCn1nc(C(C)C)c2nc(N3CCC[C@@H](C(=O)O)C3)nc(Nc3ccncn3)c21. The second kappa shape index (κ2) is 10.1. The number of piperidine rings is 1. The van der Waals surface area contributed by atoms with Crippen molar-refractivity contribution in [3.8, 4) is 0 Å². The molecule has 176 valence electrons. The van der Waals surface area contributed by atoms with Crippen molar-refractivity contribution in [2.75, 3.05) is 36.5 Å². The van der Waals surface area contributed by atoms with Gasteiger partial charge in [-0.15, -0.1) is 0 Å². The molecule has 1 aliphatic heterocycles. The Bertz CT molecular complexity index is 1100. The second-order valence-electron chi connectivity index (χ2n) is 8.37. The third kappa shape index (κ3) is 5.03. The molecule has 0 spiro atoms. The van der Waals surface area contributed by atoms with Gasteiger partial charge in [-0.05, 0) is 31.7 Å². The largest absolute Gasteiger partial charge is 0.481 e. The number of ether oxygens (including phenoxy) is 1. The van der Waals surface area contributed by atoms with Gasteiger partial charge in [-0.2, -0.15) is 10.1 Å². The summed E-state index contributed by atoms with van der Waals surface area (Å²) in [5.41, 5.74) is 2.38. The van der Waals surface area contributed by atoms with Crippen LogP contribution in [0.25, 0.3) is 11.0 Å². The maximum atomic E-state index is 11.6. The van der Waals surface area contributed by atoms with Gasteiger partial charge >= 0.3 is 5.97 Å². The van der Waals surface area contributed by atoms with E-state index in [4.69, 9.17) is 19.8 Å². The molecule has 0 amide bonds. The van der Waals surface area contributed by atoms with Crippen LogP contribution in [0.1, 0.15) is 45.2 Å². The van der Waals surface area contributed by atoms with E-state index in [0.29, 0.717) is 56.9 Å². The number of carboxylic acid groups (broad SMARTS) is 1. The summed E-state index contributed by atoms with van der Waals surface area (Å²) >= 11 is 0. The highest BCUT2D eigenvalue weighted by molar-refractivity contribution is 5.90. The van der Waals surface area contributed by atoms with Gasteiger partial charge in [0.1, 0.15) is 23.2 Å². The summed E-state index contributed by atoms with van der Waals surface area (Å²) in [5.74, 6) is 0.588. The lowest BCUT2D eigenvalue weighted by atomic mass is 9.99. The fourth-order valence-electron chi connectivity index (χ4n) is 4.01. The highest BCUT2D eigenvalue weighted by atomic mass is 16.5. The number of anilines is 3. The topological polar surface area (TPSA) is 131 Å². The van der Waals surface area contributed by atoms with Crippen molar-refractivity contribution in [3.63, 3.8) is 0 Å². The van der Waals surface area contributed by atoms with Crippen LogP contribution in [0, 0.1) is 5.92 Å². The summed E-state index contributed by atoms with van der Waals surface area (Å²) in [4.78, 5) is 31.5. The Balaban J connectivity index is 1.82. The van der Waals surface area contributed by atoms with E-state index < -0.39 is 11.9 Å². The smallest absolute Gasteiger partial charge is 0.308 e. The number of fused-ring (bicyclic) bond motifs is 1. The maximum absolute atomic E-state index is 11.6. The third-order valence-electron chi connectivity index (χ3n) is 5.68. The van der Waals surface area contributed by atoms with E-state index in [1.54, 1.807) is 12.3 Å². The monoisotopic (exact) mass is 454 g/mol. The van der Waals surface area contributed by atoms with E-state index in [2.05, 4.69) is 29.1 Å². The quantitative estimate of drug-likeness (QED) is 0.465. The molecule has 1 saturated heterocycles. The standard InChI is InChI=1S/C22H30N8O3/c1-4-33-11-10-30-19-18(17(28-30)14(2)3)26-22(29-9-5-6-15(12-29)21(31)32)27-20(19)25-16-7-8-23-13-24-16/h7-8,13-15H,4-6,9-12H2,1-3H3,(H,31,32)(H,23,24,25,26,27)/t15-/m1/s1. The van der Waals surface area contributed by atoms with Crippen molar-refractivity contribution in [2.45, 2.75) is 46.1 Å². The maximum Gasteiger partial charge on any atom is 0.308 e. The lowest BCUT2D eigenvalue weighted by Crippen LogP contribution is -2.39. The summed E-state index contributed by atoms with van der Waals surface area (Å²) < 4.78 is 7.44. The molecule has 0 aromatic carbocycles. The molecule has 33 heavy (non-hydrogen) atoms. The van der Waals surface area contributed by atoms with Gasteiger partial charge in [-0.25, -0.2) is 15.0 Å². The van der Waals surface area contributed by atoms with Gasteiger partial charge < -0.3 is 20.1 Å². The molecule has 0 aliphatic carbocycles. The minimum Gasteiger partial charge on any atom is -0.481 e. The zero-order chi connectivity index (χ0) is 23.4. The van der Waals surface area contributed by atoms with Crippen molar-refractivity contribution >= 4 is 34.6 Å². The molecule has 3 aromatic heterocycles. The average molecular weight is 455 g/mol. The van der Waals surface area contributed by atoms with Crippen LogP contribution in [-0.4, -0.2) is 67.1 Å². The van der Waals surface area contributed by atoms with Gasteiger partial charge in [0.25, 0.3) is 0 Å². The Labute approximate surface area is 192 Å². The average Bonchev–Trinajstić information content (AvgIpc) is 3.19. The van der Waals surface area contributed by atoms with E-state index in [0.717, 1.165) is 23.1 Å². The molecule has 4 rings (SSSR count). The lowest BCUT2D eigenvalue weighted by Gasteiger charge is -2.31. The Morgan fingerprint density at radius 1 is 1.36 bits per heavy atom. The second-order valence-corrected chi connectivity index (χ2v) is 8.37. The van der Waals surface area contributed by atoms with E-state index in [9.17, 15) is 9.90 Å². The van der Waals surface area contributed by atoms with Gasteiger partial charge in [0, 0.05) is 25.9 Å². The lowest BCUT2D eigenvalue weighted by molar-refractivity contribution is -0.141. The summed E-state index contributed by atoms with van der Waals surface area (Å²) in [7, 11) is 0. The molecular formula is C22H30N8O3. The molecule has 1 atom stereocenters. The molecule has 0 radical (unpaired) electrons. The first kappa shape index (κ1) is 22.8. The van der Waals surface area contributed by atoms with E-state index >= 15 is 0 Å². The zero-order valence-electron chi connectivity index (χ0n) is 19.2. The van der Waals surface area contributed by atoms with Crippen LogP contribution in [0.15, 0.2) is 18.6 Å². The minimum atomic E-state index is -0.785. The van der Waals surface area contributed by atoms with E-state index in [-0.39, 0.29) is 5.92 Å². The number of aliphatic carboxylic acids is 1. The molecule has 11 nitrogen and oxygen atoms in total. The Hall–Kier alpha value is -3.34. The fraction of sp³-hybridized carbons (Fsp3) is 0.545. The van der Waals surface area contributed by atoms with Crippen LogP contribution in [0.4, 0.5) is 17.6 Å². The molecule has 0 saturated carbocycles. The number of carboxylic acids is 1. The number of carbonyl (C=O) groups is 1. The molecule has 3 aromatic rings. The van der Waals surface area contributed by atoms with Crippen LogP contribution in [0.3, 0.4) is 0 Å². The molecule has 0 bridgehead atoms. The number of hydrogen-bond acceptors (Lipinski definition) is 9. The van der Waals surface area contributed by atoms with Gasteiger partial charge in [0.05, 0.1) is 24.8 Å². The Kier molecular flexibility index (Phi) is 6.97. The van der Waals surface area contributed by atoms with Crippen LogP contribution < -0.4 is 10.2 Å². The van der Waals surface area contributed by atoms with Gasteiger partial charge in [-0.1, -0.05) is 13.8 Å². The predicted molar refractivity (Wildman–Crippen MR) is 124 cm³/mol. The van der Waals surface area contributed by atoms with Gasteiger partial charge in [-0.3, -0.25) is 9.48 Å². The van der Waals surface area contributed by atoms with E-state index in [1.807, 2.05) is 16.5 Å². The number of rotatable bonds is 9. The van der Waals surface area contributed by atoms with Crippen molar-refractivity contribution in [2.24, 2.45) is 5.92 Å². The minimum absolute atomic E-state index is 0.142. The normalized spacial score (nSPS) is 16.5. The fourth-order valence-corrected chi connectivity index (χ4v) is 4.01. The van der Waals surface area contributed by atoms with Crippen molar-refractivity contribution in [3.05, 3.63) is 24.3 Å². The van der Waals surface area contributed by atoms with Crippen molar-refractivity contribution in [1.29, 1.82) is 0 Å². The molecule has 1 aliphatic rings. The van der Waals surface area contributed by atoms with Crippen LogP contribution in [0.5, 0.6) is 0 Å². The highest BCUT2D eigenvalue weighted by Gasteiger charge is 2.29. The Morgan fingerprint density at radius 2 is 2.21 bits per heavy atom. The van der Waals surface area contributed by atoms with Crippen molar-refractivity contribution in [1.82, 2.24) is 29.7 Å². The van der Waals surface area contributed by atoms with Gasteiger partial charge in [0.2, 0.25) is 5.95 Å². The summed E-state index contributed by atoms with van der Waals surface area (Å²) in [5, 5.41) is 17.7. The number of nitrogens with zero attached hydrogens (tertiary/aromatic N) is 7. The first-order chi connectivity index (χ1) is 16.0. The summed E-state index contributed by atoms with van der Waals surface area (Å²) in [6.07, 6.45) is 4.56. The first-order valence-corrected chi connectivity index (χ1v) is 11.3. The zero-order valence-corrected chi connectivity index (χ0v) is 19.2. The first-order valence-electron chi connectivity index (χ1n) is 11.3. The summed E-state index contributed by atoms with van der Waals surface area (Å²) in [6, 6.07) is 1.76. The predicted octanol–water partition coefficient (Wildman–Crippen LogP) is 2.82. The van der Waals surface area contributed by atoms with Crippen LogP contribution >= 0.6 is 0 Å². The highest BCUT2D eigenvalue weighted by Crippen LogP contribution is 2.32. The third-order valence-corrected chi connectivity index (χ3v) is 5.68. The van der Waals surface area contributed by atoms with Crippen LogP contribution in [-0.2, 0) is 16.1 Å². The molecular weight excluding hydrogens is 424 g/mol. The van der Waals surface area contributed by atoms with Gasteiger partial charge in [0.15, 0.2) is 5.82 Å². The van der Waals surface area contributed by atoms with Crippen molar-refractivity contribution < 1.29 is 14.6 Å². The number of hydrogen-bond donors (Lipinski definition) is 2. The molecule has 1 fully saturated rings. The summed E-state index contributed by atoms with van der Waals surface area (Å²) in [6.45, 7) is 8.91. The van der Waals surface area contributed by atoms with Crippen LogP contribution in [0.2, 0.25) is 0 Å². The van der Waals surface area contributed by atoms with E-state index in [1.165, 1.54) is 6.33 Å². The number of aromatic nitrogens is 6. The Morgan fingerprint density at radius 3 is 2.91 bits per heavy atom. The molecule has 0 unspecified atom stereocenters. The number of nitrogens with one attached hydrogen (secondary N) is 1. The molecule has 11 heteroatoms. The molecule has 2 N–H and O–H groups in total. The molecule has 4 heterocycles.